The van der Waals surface area contributed by atoms with Crippen LogP contribution in [0.15, 0.2) is 30.5 Å². The minimum atomic E-state index is 0.000708. The predicted octanol–water partition coefficient (Wildman–Crippen LogP) is 3.54. The van der Waals surface area contributed by atoms with E-state index in [0.717, 1.165) is 36.8 Å². The molecule has 1 aliphatic heterocycles. The lowest BCUT2D eigenvalue weighted by Gasteiger charge is -2.25. The summed E-state index contributed by atoms with van der Waals surface area (Å²) in [6, 6.07) is 9.48. The van der Waals surface area contributed by atoms with Gasteiger partial charge in [-0.25, -0.2) is 4.98 Å². The van der Waals surface area contributed by atoms with Gasteiger partial charge in [0.15, 0.2) is 11.5 Å². The van der Waals surface area contributed by atoms with Gasteiger partial charge < -0.3 is 19.5 Å². The Morgan fingerprint density at radius 1 is 1.21 bits per heavy atom. The summed E-state index contributed by atoms with van der Waals surface area (Å²) in [6.45, 7) is 1.30. The monoisotopic (exact) mass is 393 g/mol. The van der Waals surface area contributed by atoms with Crippen LogP contribution in [0.5, 0.6) is 11.5 Å². The lowest BCUT2D eigenvalue weighted by molar-refractivity contribution is -0.117. The van der Waals surface area contributed by atoms with Gasteiger partial charge in [0.2, 0.25) is 5.91 Å². The fourth-order valence-corrected chi connectivity index (χ4v) is 3.34. The van der Waals surface area contributed by atoms with Crippen LogP contribution in [0, 0.1) is 17.2 Å². The molecule has 1 aromatic heterocycles. The molecule has 0 bridgehead atoms. The van der Waals surface area contributed by atoms with E-state index >= 15 is 0 Å². The van der Waals surface area contributed by atoms with Crippen molar-refractivity contribution in [1.29, 1.82) is 5.26 Å². The van der Waals surface area contributed by atoms with Gasteiger partial charge in [0.25, 0.3) is 0 Å². The number of carbonyl (C=O) groups is 1. The molecular formula is C22H23N3O4. The van der Waals surface area contributed by atoms with E-state index in [4.69, 9.17) is 14.2 Å². The highest BCUT2D eigenvalue weighted by Crippen LogP contribution is 2.38. The van der Waals surface area contributed by atoms with Crippen LogP contribution in [0.2, 0.25) is 0 Å². The zero-order valence-electron chi connectivity index (χ0n) is 16.3. The van der Waals surface area contributed by atoms with Gasteiger partial charge in [-0.1, -0.05) is 0 Å². The van der Waals surface area contributed by atoms with E-state index in [1.807, 2.05) is 12.1 Å². The smallest absolute Gasteiger partial charge is 0.228 e. The van der Waals surface area contributed by atoms with Crippen LogP contribution < -0.4 is 14.8 Å². The second kappa shape index (κ2) is 8.50. The van der Waals surface area contributed by atoms with Crippen molar-refractivity contribution in [3.63, 3.8) is 0 Å². The SMILES string of the molecule is COc1cc(-c2ccnc(NC(=O)C3CC3)c2)cc(C#N)c1OC1CCOCC1. The van der Waals surface area contributed by atoms with E-state index in [1.165, 1.54) is 0 Å². The fourth-order valence-electron chi connectivity index (χ4n) is 3.34. The molecule has 1 saturated carbocycles. The number of carbonyl (C=O) groups excluding carboxylic acids is 1. The Balaban J connectivity index is 1.62. The van der Waals surface area contributed by atoms with Crippen LogP contribution in [-0.2, 0) is 9.53 Å². The molecule has 1 aromatic carbocycles. The van der Waals surface area contributed by atoms with Crippen molar-refractivity contribution in [2.75, 3.05) is 25.6 Å². The van der Waals surface area contributed by atoms with E-state index in [-0.39, 0.29) is 17.9 Å². The van der Waals surface area contributed by atoms with Crippen LogP contribution in [0.1, 0.15) is 31.2 Å². The second-order valence-corrected chi connectivity index (χ2v) is 7.29. The summed E-state index contributed by atoms with van der Waals surface area (Å²) in [6.07, 6.45) is 5.07. The lowest BCUT2D eigenvalue weighted by atomic mass is 10.0. The molecule has 2 aromatic rings. The summed E-state index contributed by atoms with van der Waals surface area (Å²) in [5, 5.41) is 12.6. The highest BCUT2D eigenvalue weighted by atomic mass is 16.5. The molecule has 7 nitrogen and oxygen atoms in total. The molecule has 1 saturated heterocycles. The van der Waals surface area contributed by atoms with Crippen molar-refractivity contribution in [2.24, 2.45) is 5.92 Å². The molecule has 1 aliphatic carbocycles. The first-order valence-electron chi connectivity index (χ1n) is 9.81. The number of benzene rings is 1. The zero-order chi connectivity index (χ0) is 20.2. The quantitative estimate of drug-likeness (QED) is 0.807. The summed E-state index contributed by atoms with van der Waals surface area (Å²) >= 11 is 0. The van der Waals surface area contributed by atoms with E-state index in [0.29, 0.717) is 36.1 Å². The molecule has 7 heteroatoms. The maximum absolute atomic E-state index is 12.0. The minimum Gasteiger partial charge on any atom is -0.493 e. The van der Waals surface area contributed by atoms with Crippen LogP contribution in [0.3, 0.4) is 0 Å². The van der Waals surface area contributed by atoms with Gasteiger partial charge in [-0.15, -0.1) is 0 Å². The molecule has 0 unspecified atom stereocenters. The highest BCUT2D eigenvalue weighted by molar-refractivity contribution is 5.93. The Hall–Kier alpha value is -3.11. The number of hydrogen-bond donors (Lipinski definition) is 1. The molecule has 29 heavy (non-hydrogen) atoms. The third-order valence-electron chi connectivity index (χ3n) is 5.14. The average molecular weight is 393 g/mol. The molecule has 1 amide bonds. The molecule has 0 spiro atoms. The van der Waals surface area contributed by atoms with E-state index in [2.05, 4.69) is 16.4 Å². The number of ether oxygens (including phenoxy) is 3. The Labute approximate surface area is 169 Å². The number of hydrogen-bond acceptors (Lipinski definition) is 6. The summed E-state index contributed by atoms with van der Waals surface area (Å²) in [4.78, 5) is 16.2. The van der Waals surface area contributed by atoms with Crippen molar-refractivity contribution in [3.8, 4) is 28.7 Å². The Morgan fingerprint density at radius 2 is 2.00 bits per heavy atom. The first kappa shape index (κ1) is 19.2. The first-order valence-corrected chi connectivity index (χ1v) is 9.81. The number of nitrogens with zero attached hydrogens (tertiary/aromatic N) is 2. The number of nitriles is 1. The van der Waals surface area contributed by atoms with Gasteiger partial charge in [0, 0.05) is 25.0 Å². The third kappa shape index (κ3) is 4.49. The highest BCUT2D eigenvalue weighted by Gasteiger charge is 2.29. The first-order chi connectivity index (χ1) is 14.2. The second-order valence-electron chi connectivity index (χ2n) is 7.29. The third-order valence-corrected chi connectivity index (χ3v) is 5.14. The summed E-state index contributed by atoms with van der Waals surface area (Å²) in [5.74, 6) is 1.57. The van der Waals surface area contributed by atoms with Crippen molar-refractivity contribution >= 4 is 11.7 Å². The number of nitrogens with one attached hydrogen (secondary N) is 1. The molecule has 0 atom stereocenters. The Kier molecular flexibility index (Phi) is 5.63. The average Bonchev–Trinajstić information content (AvgIpc) is 3.60. The normalized spacial score (nSPS) is 16.7. The van der Waals surface area contributed by atoms with Crippen LogP contribution in [-0.4, -0.2) is 37.3 Å². The molecule has 150 valence electrons. The number of aromatic nitrogens is 1. The molecule has 2 heterocycles. The van der Waals surface area contributed by atoms with Crippen molar-refractivity contribution < 1.29 is 19.0 Å². The number of anilines is 1. The van der Waals surface area contributed by atoms with Crippen LogP contribution >= 0.6 is 0 Å². The zero-order valence-corrected chi connectivity index (χ0v) is 16.3. The Morgan fingerprint density at radius 3 is 2.69 bits per heavy atom. The maximum Gasteiger partial charge on any atom is 0.228 e. The predicted molar refractivity (Wildman–Crippen MR) is 107 cm³/mol. The largest absolute Gasteiger partial charge is 0.493 e. The van der Waals surface area contributed by atoms with Gasteiger partial charge in [-0.2, -0.15) is 5.26 Å². The summed E-state index contributed by atoms with van der Waals surface area (Å²) in [7, 11) is 1.56. The van der Waals surface area contributed by atoms with Gasteiger partial charge in [-0.3, -0.25) is 4.79 Å². The summed E-state index contributed by atoms with van der Waals surface area (Å²) < 4.78 is 17.0. The molecule has 2 aliphatic rings. The molecular weight excluding hydrogens is 370 g/mol. The lowest BCUT2D eigenvalue weighted by Crippen LogP contribution is -2.26. The number of amides is 1. The number of rotatable bonds is 6. The van der Waals surface area contributed by atoms with Gasteiger partial charge in [0.05, 0.1) is 25.9 Å². The van der Waals surface area contributed by atoms with E-state index < -0.39 is 0 Å². The molecule has 1 N–H and O–H groups in total. The maximum atomic E-state index is 12.0. The van der Waals surface area contributed by atoms with Crippen LogP contribution in [0.4, 0.5) is 5.82 Å². The minimum absolute atomic E-state index is 0.000708. The van der Waals surface area contributed by atoms with Crippen molar-refractivity contribution in [3.05, 3.63) is 36.0 Å². The van der Waals surface area contributed by atoms with E-state index in [1.54, 1.807) is 25.4 Å². The molecule has 2 fully saturated rings. The molecule has 4 rings (SSSR count). The molecule has 0 radical (unpaired) electrons. The number of methoxy groups -OCH3 is 1. The van der Waals surface area contributed by atoms with Gasteiger partial charge in [0.1, 0.15) is 18.0 Å². The topological polar surface area (TPSA) is 93.5 Å². The van der Waals surface area contributed by atoms with Crippen molar-refractivity contribution in [1.82, 2.24) is 4.98 Å². The Bertz CT molecular complexity index is 944. The van der Waals surface area contributed by atoms with Gasteiger partial charge in [-0.05, 0) is 48.2 Å². The van der Waals surface area contributed by atoms with Gasteiger partial charge >= 0.3 is 0 Å². The summed E-state index contributed by atoms with van der Waals surface area (Å²) in [5.41, 5.74) is 2.03. The van der Waals surface area contributed by atoms with Crippen molar-refractivity contribution in [2.45, 2.75) is 31.8 Å². The standard InChI is InChI=1S/C22H23N3O4/c1-27-19-11-16(10-17(13-23)21(19)29-18-5-8-28-9-6-18)15-4-7-24-20(12-15)25-22(26)14-2-3-14/h4,7,10-12,14,18H,2-3,5-6,8-9H2,1H3,(H,24,25,26). The fraction of sp³-hybridized carbons (Fsp3) is 0.409. The van der Waals surface area contributed by atoms with Crippen LogP contribution in [0.25, 0.3) is 11.1 Å². The number of pyridine rings is 1. The van der Waals surface area contributed by atoms with E-state index in [9.17, 15) is 10.1 Å².